The van der Waals surface area contributed by atoms with Crippen molar-refractivity contribution in [1.29, 1.82) is 0 Å². The number of thioether (sulfide) groups is 1. The third-order valence-corrected chi connectivity index (χ3v) is 5.23. The van der Waals surface area contributed by atoms with Crippen molar-refractivity contribution in [2.24, 2.45) is 0 Å². The normalized spacial score (nSPS) is 22.2. The summed E-state index contributed by atoms with van der Waals surface area (Å²) < 4.78 is 30.0. The first kappa shape index (κ1) is 14.7. The van der Waals surface area contributed by atoms with E-state index in [9.17, 15) is 13.2 Å². The molecule has 0 amide bonds. The van der Waals surface area contributed by atoms with Gasteiger partial charge in [0.2, 0.25) is 10.0 Å². The number of carboxylic acid groups (broad SMARTS) is 1. The Bertz CT molecular complexity index is 368. The van der Waals surface area contributed by atoms with E-state index in [1.165, 1.54) is 11.8 Å². The first-order valence-corrected chi connectivity index (χ1v) is 8.02. The van der Waals surface area contributed by atoms with E-state index in [0.717, 1.165) is 4.31 Å². The van der Waals surface area contributed by atoms with Crippen molar-refractivity contribution in [2.75, 3.05) is 24.0 Å². The molecular formula is C9H17NO5S2. The second-order valence-electron chi connectivity index (χ2n) is 3.98. The Kier molecular flexibility index (Phi) is 5.23. The zero-order valence-corrected chi connectivity index (χ0v) is 11.5. The quantitative estimate of drug-likeness (QED) is 0.749. The third kappa shape index (κ3) is 4.13. The number of ether oxygens (including phenoxy) is 1. The fourth-order valence-electron chi connectivity index (χ4n) is 1.40. The molecule has 1 saturated heterocycles. The van der Waals surface area contributed by atoms with Crippen LogP contribution in [0.4, 0.5) is 0 Å². The van der Waals surface area contributed by atoms with Crippen molar-refractivity contribution < 1.29 is 23.1 Å². The average molecular weight is 283 g/mol. The first-order valence-electron chi connectivity index (χ1n) is 5.26. The molecule has 0 aromatic carbocycles. The zero-order valence-electron chi connectivity index (χ0n) is 9.83. The van der Waals surface area contributed by atoms with Gasteiger partial charge < -0.3 is 9.84 Å². The molecule has 0 spiro atoms. The number of nitrogens with zero attached hydrogens (tertiary/aromatic N) is 1. The number of sulfonamides is 1. The molecule has 6 nitrogen and oxygen atoms in total. The molecule has 1 aliphatic heterocycles. The number of hydrogen-bond donors (Lipinski definition) is 1. The molecule has 17 heavy (non-hydrogen) atoms. The lowest BCUT2D eigenvalue weighted by atomic mass is 10.4. The third-order valence-electron chi connectivity index (χ3n) is 2.28. The molecule has 0 aromatic heterocycles. The van der Waals surface area contributed by atoms with Gasteiger partial charge in [0.25, 0.3) is 0 Å². The number of carbonyl (C=O) groups is 1. The molecule has 0 saturated carbocycles. The van der Waals surface area contributed by atoms with E-state index >= 15 is 0 Å². The predicted molar refractivity (Wildman–Crippen MR) is 65.5 cm³/mol. The highest BCUT2D eigenvalue weighted by atomic mass is 32.2. The van der Waals surface area contributed by atoms with Gasteiger partial charge in [-0.2, -0.15) is 4.31 Å². The summed E-state index contributed by atoms with van der Waals surface area (Å²) in [7, 11) is -3.54. The largest absolute Gasteiger partial charge is 0.480 e. The molecule has 0 aliphatic carbocycles. The topological polar surface area (TPSA) is 83.9 Å². The lowest BCUT2D eigenvalue weighted by Crippen LogP contribution is -2.43. The van der Waals surface area contributed by atoms with E-state index in [0.29, 0.717) is 5.75 Å². The van der Waals surface area contributed by atoms with Crippen LogP contribution in [-0.4, -0.2) is 59.9 Å². The van der Waals surface area contributed by atoms with Crippen molar-refractivity contribution in [3.63, 3.8) is 0 Å². The molecular weight excluding hydrogens is 266 g/mol. The highest BCUT2D eigenvalue weighted by Crippen LogP contribution is 2.24. The second kappa shape index (κ2) is 6.03. The minimum Gasteiger partial charge on any atom is -0.480 e. The van der Waals surface area contributed by atoms with Crippen LogP contribution in [0.25, 0.3) is 0 Å². The highest BCUT2D eigenvalue weighted by molar-refractivity contribution is 8.00. The highest BCUT2D eigenvalue weighted by Gasteiger charge is 2.38. The van der Waals surface area contributed by atoms with Crippen LogP contribution in [0.5, 0.6) is 0 Å². The van der Waals surface area contributed by atoms with E-state index < -0.39 is 22.0 Å². The van der Waals surface area contributed by atoms with Gasteiger partial charge in [0.05, 0.1) is 24.3 Å². The Balaban J connectivity index is 2.60. The van der Waals surface area contributed by atoms with Crippen molar-refractivity contribution >= 4 is 27.8 Å². The molecule has 0 radical (unpaired) electrons. The summed E-state index contributed by atoms with van der Waals surface area (Å²) in [5, 5.41) is 8.91. The standard InChI is InChI=1S/C9H17NO5S2/c1-7(2)15-3-4-17(13,14)10-6-16-5-8(10)9(11)12/h7-8H,3-6H2,1-2H3,(H,11,12)/t8-/m0/s1. The molecule has 1 heterocycles. The van der Waals surface area contributed by atoms with Gasteiger partial charge in [-0.15, -0.1) is 11.8 Å². The molecule has 0 aromatic rings. The molecule has 1 aliphatic rings. The summed E-state index contributed by atoms with van der Waals surface area (Å²) in [6.45, 7) is 3.73. The van der Waals surface area contributed by atoms with E-state index in [1.54, 1.807) is 0 Å². The van der Waals surface area contributed by atoms with Gasteiger partial charge in [-0.05, 0) is 13.8 Å². The van der Waals surface area contributed by atoms with Gasteiger partial charge in [0.1, 0.15) is 6.04 Å². The van der Waals surface area contributed by atoms with Crippen LogP contribution >= 0.6 is 11.8 Å². The minimum atomic E-state index is -3.54. The maximum atomic E-state index is 11.9. The van der Waals surface area contributed by atoms with E-state index in [2.05, 4.69) is 0 Å². The van der Waals surface area contributed by atoms with Crippen LogP contribution in [0.2, 0.25) is 0 Å². The minimum absolute atomic E-state index is 0.0339. The van der Waals surface area contributed by atoms with Crippen LogP contribution in [-0.2, 0) is 19.6 Å². The summed E-state index contributed by atoms with van der Waals surface area (Å²) >= 11 is 1.31. The first-order chi connectivity index (χ1) is 7.84. The number of carboxylic acids is 1. The summed E-state index contributed by atoms with van der Waals surface area (Å²) in [4.78, 5) is 10.9. The van der Waals surface area contributed by atoms with Gasteiger partial charge in [-0.3, -0.25) is 4.79 Å². The Hall–Kier alpha value is -0.310. The van der Waals surface area contributed by atoms with E-state index in [-0.39, 0.29) is 24.3 Å². The van der Waals surface area contributed by atoms with Gasteiger partial charge in [-0.1, -0.05) is 0 Å². The second-order valence-corrected chi connectivity index (χ2v) is 7.02. The molecule has 1 N–H and O–H groups in total. The Labute approximate surface area is 105 Å². The Morgan fingerprint density at radius 1 is 1.59 bits per heavy atom. The summed E-state index contributed by atoms with van der Waals surface area (Å²) in [5.74, 6) is -0.751. The summed E-state index contributed by atoms with van der Waals surface area (Å²) in [6, 6.07) is -0.941. The van der Waals surface area contributed by atoms with Gasteiger partial charge in [0.15, 0.2) is 0 Å². The smallest absolute Gasteiger partial charge is 0.322 e. The van der Waals surface area contributed by atoms with Crippen molar-refractivity contribution in [1.82, 2.24) is 4.31 Å². The lowest BCUT2D eigenvalue weighted by molar-refractivity contribution is -0.140. The van der Waals surface area contributed by atoms with Crippen molar-refractivity contribution in [3.8, 4) is 0 Å². The lowest BCUT2D eigenvalue weighted by Gasteiger charge is -2.20. The molecule has 1 fully saturated rings. The van der Waals surface area contributed by atoms with Gasteiger partial charge in [0, 0.05) is 5.75 Å². The Morgan fingerprint density at radius 3 is 2.76 bits per heavy atom. The summed E-state index contributed by atoms with van der Waals surface area (Å²) in [6.07, 6.45) is -0.0339. The molecule has 1 rings (SSSR count). The molecule has 0 unspecified atom stereocenters. The van der Waals surface area contributed by atoms with Crippen molar-refractivity contribution in [2.45, 2.75) is 26.0 Å². The Morgan fingerprint density at radius 2 is 2.24 bits per heavy atom. The molecule has 1 atom stereocenters. The van der Waals surface area contributed by atoms with Crippen molar-refractivity contribution in [3.05, 3.63) is 0 Å². The van der Waals surface area contributed by atoms with E-state index in [1.807, 2.05) is 13.8 Å². The zero-order chi connectivity index (χ0) is 13.1. The van der Waals surface area contributed by atoms with E-state index in [4.69, 9.17) is 9.84 Å². The number of rotatable bonds is 6. The number of aliphatic carboxylic acids is 1. The van der Waals surface area contributed by atoms with Crippen LogP contribution in [0.1, 0.15) is 13.8 Å². The molecule has 8 heteroatoms. The van der Waals surface area contributed by atoms with Gasteiger partial charge in [-0.25, -0.2) is 8.42 Å². The SMILES string of the molecule is CC(C)OCCS(=O)(=O)N1CSC[C@H]1C(=O)O. The number of hydrogen-bond acceptors (Lipinski definition) is 5. The summed E-state index contributed by atoms with van der Waals surface area (Å²) in [5.41, 5.74) is 0. The fraction of sp³-hybridized carbons (Fsp3) is 0.889. The predicted octanol–water partition coefficient (Wildman–Crippen LogP) is 0.201. The fourth-order valence-corrected chi connectivity index (χ4v) is 4.47. The monoisotopic (exact) mass is 283 g/mol. The van der Waals surface area contributed by atoms with Crippen LogP contribution in [0.3, 0.4) is 0 Å². The van der Waals surface area contributed by atoms with Gasteiger partial charge >= 0.3 is 5.97 Å². The molecule has 100 valence electrons. The van der Waals surface area contributed by atoms with Crippen LogP contribution in [0.15, 0.2) is 0 Å². The van der Waals surface area contributed by atoms with Crippen LogP contribution < -0.4 is 0 Å². The molecule has 0 bridgehead atoms. The maximum absolute atomic E-state index is 11.9. The van der Waals surface area contributed by atoms with Crippen LogP contribution in [0, 0.1) is 0 Å². The average Bonchev–Trinajstić information content (AvgIpc) is 2.65. The maximum Gasteiger partial charge on any atom is 0.322 e.